The van der Waals surface area contributed by atoms with E-state index in [1.165, 1.54) is 17.6 Å². The Bertz CT molecular complexity index is 552. The van der Waals surface area contributed by atoms with Crippen LogP contribution in [-0.2, 0) is 0 Å². The number of benzene rings is 1. The maximum atomic E-state index is 10.6. The largest absolute Gasteiger partial charge is 0.465 e. The fraction of sp³-hybridized carbons (Fsp3) is 0.526. The van der Waals surface area contributed by atoms with Crippen LogP contribution in [0.25, 0.3) is 6.08 Å². The highest BCUT2D eigenvalue weighted by molar-refractivity contribution is 5.64. The van der Waals surface area contributed by atoms with Gasteiger partial charge < -0.3 is 15.7 Å². The zero-order chi connectivity index (χ0) is 16.9. The maximum Gasteiger partial charge on any atom is 0.404 e. The van der Waals surface area contributed by atoms with Gasteiger partial charge in [0.25, 0.3) is 0 Å². The minimum Gasteiger partial charge on any atom is -0.465 e. The van der Waals surface area contributed by atoms with E-state index in [-0.39, 0.29) is 5.41 Å². The highest BCUT2D eigenvalue weighted by Gasteiger charge is 2.39. The summed E-state index contributed by atoms with van der Waals surface area (Å²) in [5, 5.41) is 14.8. The van der Waals surface area contributed by atoms with Crippen molar-refractivity contribution in [1.82, 2.24) is 10.6 Å². The van der Waals surface area contributed by atoms with Crippen molar-refractivity contribution in [3.8, 4) is 0 Å². The number of rotatable bonds is 8. The predicted molar refractivity (Wildman–Crippen MR) is 94.4 cm³/mol. The number of carbonyl (C=O) groups is 1. The van der Waals surface area contributed by atoms with Crippen molar-refractivity contribution in [2.75, 3.05) is 13.1 Å². The molecule has 4 nitrogen and oxygen atoms in total. The molecule has 1 aromatic rings. The third-order valence-corrected chi connectivity index (χ3v) is 4.39. The number of hydrogen-bond acceptors (Lipinski definition) is 2. The molecule has 2 atom stereocenters. The zero-order valence-corrected chi connectivity index (χ0v) is 14.3. The van der Waals surface area contributed by atoms with Gasteiger partial charge >= 0.3 is 6.09 Å². The molecule has 0 aromatic heterocycles. The topological polar surface area (TPSA) is 61.4 Å². The molecule has 126 valence electrons. The first kappa shape index (κ1) is 17.5. The third kappa shape index (κ3) is 5.71. The minimum absolute atomic E-state index is 0.0823. The summed E-state index contributed by atoms with van der Waals surface area (Å²) < 4.78 is 0. The molecule has 1 saturated carbocycles. The number of hydrogen-bond donors (Lipinski definition) is 3. The van der Waals surface area contributed by atoms with Crippen molar-refractivity contribution >= 4 is 12.2 Å². The summed E-state index contributed by atoms with van der Waals surface area (Å²) in [6.07, 6.45) is 3.60. The lowest BCUT2D eigenvalue weighted by Gasteiger charge is -2.25. The van der Waals surface area contributed by atoms with Gasteiger partial charge in [-0.15, -0.1) is 0 Å². The van der Waals surface area contributed by atoms with E-state index in [1.54, 1.807) is 0 Å². The molecule has 4 heteroatoms. The van der Waals surface area contributed by atoms with Crippen molar-refractivity contribution < 1.29 is 9.90 Å². The molecule has 0 heterocycles. The summed E-state index contributed by atoms with van der Waals surface area (Å²) in [6.45, 7) is 7.65. The van der Waals surface area contributed by atoms with Crippen LogP contribution in [0.2, 0.25) is 0 Å². The van der Waals surface area contributed by atoms with Gasteiger partial charge in [0.15, 0.2) is 0 Å². The summed E-state index contributed by atoms with van der Waals surface area (Å²) in [7, 11) is 0. The van der Waals surface area contributed by atoms with Gasteiger partial charge in [0, 0.05) is 19.1 Å². The second-order valence-corrected chi connectivity index (χ2v) is 7.14. The van der Waals surface area contributed by atoms with Crippen LogP contribution >= 0.6 is 0 Å². The first-order valence-corrected chi connectivity index (χ1v) is 8.37. The van der Waals surface area contributed by atoms with E-state index in [9.17, 15) is 4.79 Å². The number of nitrogens with one attached hydrogen (secondary N) is 2. The van der Waals surface area contributed by atoms with Gasteiger partial charge in [-0.05, 0) is 29.7 Å². The minimum atomic E-state index is -0.957. The Hall–Kier alpha value is -1.81. The van der Waals surface area contributed by atoms with Crippen LogP contribution in [0.5, 0.6) is 0 Å². The Morgan fingerprint density at radius 3 is 2.61 bits per heavy atom. The molecule has 0 unspecified atom stereocenters. The fourth-order valence-electron chi connectivity index (χ4n) is 2.85. The van der Waals surface area contributed by atoms with Crippen LogP contribution in [0.15, 0.2) is 35.9 Å². The van der Waals surface area contributed by atoms with Gasteiger partial charge in [-0.3, -0.25) is 0 Å². The SMILES string of the molecule is CC/C(=C\c1ccccc1)[C@@H]1C[C@H]1NCC(C)(C)CNC(=O)O. The van der Waals surface area contributed by atoms with Crippen molar-refractivity contribution in [1.29, 1.82) is 0 Å². The van der Waals surface area contributed by atoms with Crippen molar-refractivity contribution in [3.63, 3.8) is 0 Å². The van der Waals surface area contributed by atoms with Gasteiger partial charge in [0.05, 0.1) is 0 Å². The average molecular weight is 316 g/mol. The standard InChI is InChI=1S/C19H28N2O2/c1-4-15(10-14-8-6-5-7-9-14)16-11-17(16)20-12-19(2,3)13-21-18(22)23/h5-10,16-17,20-21H,4,11-13H2,1-3H3,(H,22,23)/b15-10+/t16-,17+/m0/s1. The lowest BCUT2D eigenvalue weighted by atomic mass is 9.93. The molecule has 3 N–H and O–H groups in total. The van der Waals surface area contributed by atoms with E-state index in [0.717, 1.165) is 13.0 Å². The molecule has 0 aliphatic heterocycles. The number of amides is 1. The number of carboxylic acid groups (broad SMARTS) is 1. The lowest BCUT2D eigenvalue weighted by molar-refractivity contribution is 0.187. The van der Waals surface area contributed by atoms with E-state index in [2.05, 4.69) is 61.7 Å². The predicted octanol–water partition coefficient (Wildman–Crippen LogP) is 3.75. The Balaban J connectivity index is 1.84. The quantitative estimate of drug-likeness (QED) is 0.684. The van der Waals surface area contributed by atoms with Gasteiger partial charge in [-0.2, -0.15) is 0 Å². The van der Waals surface area contributed by atoms with Crippen LogP contribution in [0.4, 0.5) is 4.79 Å². The first-order chi connectivity index (χ1) is 10.9. The van der Waals surface area contributed by atoms with Crippen LogP contribution in [0.1, 0.15) is 39.2 Å². The molecule has 0 spiro atoms. The Morgan fingerprint density at radius 1 is 1.30 bits per heavy atom. The molecule has 23 heavy (non-hydrogen) atoms. The third-order valence-electron chi connectivity index (χ3n) is 4.39. The van der Waals surface area contributed by atoms with Crippen molar-refractivity contribution in [2.45, 2.75) is 39.7 Å². The van der Waals surface area contributed by atoms with E-state index < -0.39 is 6.09 Å². The van der Waals surface area contributed by atoms with Crippen molar-refractivity contribution in [2.24, 2.45) is 11.3 Å². The highest BCUT2D eigenvalue weighted by Crippen LogP contribution is 2.40. The Morgan fingerprint density at radius 2 is 2.00 bits per heavy atom. The molecule has 1 fully saturated rings. The maximum absolute atomic E-state index is 10.6. The van der Waals surface area contributed by atoms with E-state index >= 15 is 0 Å². The molecule has 1 amide bonds. The normalized spacial score (nSPS) is 21.1. The van der Waals surface area contributed by atoms with E-state index in [4.69, 9.17) is 5.11 Å². The summed E-state index contributed by atoms with van der Waals surface area (Å²) in [5.41, 5.74) is 2.68. The molecule has 1 aromatic carbocycles. The van der Waals surface area contributed by atoms with Gasteiger partial charge in [0.2, 0.25) is 0 Å². The fourth-order valence-corrected chi connectivity index (χ4v) is 2.85. The molecule has 0 radical (unpaired) electrons. The van der Waals surface area contributed by atoms with Gasteiger partial charge in [-0.25, -0.2) is 4.79 Å². The lowest BCUT2D eigenvalue weighted by Crippen LogP contribution is -2.40. The van der Waals surface area contributed by atoms with Crippen LogP contribution in [0.3, 0.4) is 0 Å². The highest BCUT2D eigenvalue weighted by atomic mass is 16.4. The summed E-state index contributed by atoms with van der Waals surface area (Å²) in [6, 6.07) is 11.0. The molecule has 1 aliphatic carbocycles. The van der Waals surface area contributed by atoms with E-state index in [0.29, 0.717) is 18.5 Å². The van der Waals surface area contributed by atoms with Crippen LogP contribution < -0.4 is 10.6 Å². The second kappa shape index (κ2) is 7.64. The average Bonchev–Trinajstić information content (AvgIpc) is 3.29. The first-order valence-electron chi connectivity index (χ1n) is 8.37. The summed E-state index contributed by atoms with van der Waals surface area (Å²) in [5.74, 6) is 0.614. The summed E-state index contributed by atoms with van der Waals surface area (Å²) in [4.78, 5) is 10.6. The molecular formula is C19H28N2O2. The second-order valence-electron chi connectivity index (χ2n) is 7.14. The van der Waals surface area contributed by atoms with Gasteiger partial charge in [-0.1, -0.05) is 62.8 Å². The van der Waals surface area contributed by atoms with Crippen molar-refractivity contribution in [3.05, 3.63) is 41.5 Å². The Kier molecular flexibility index (Phi) is 5.83. The molecule has 2 rings (SSSR count). The smallest absolute Gasteiger partial charge is 0.404 e. The molecular weight excluding hydrogens is 288 g/mol. The van der Waals surface area contributed by atoms with E-state index in [1.807, 2.05) is 6.07 Å². The molecule has 0 saturated heterocycles. The van der Waals surface area contributed by atoms with Crippen LogP contribution in [0, 0.1) is 11.3 Å². The summed E-state index contributed by atoms with van der Waals surface area (Å²) >= 11 is 0. The Labute approximate surface area is 139 Å². The van der Waals surface area contributed by atoms with Gasteiger partial charge in [0.1, 0.15) is 0 Å². The molecule has 1 aliphatic rings. The monoisotopic (exact) mass is 316 g/mol. The van der Waals surface area contributed by atoms with Crippen LogP contribution in [-0.4, -0.2) is 30.3 Å². The zero-order valence-electron chi connectivity index (χ0n) is 14.3. The molecule has 0 bridgehead atoms.